The van der Waals surface area contributed by atoms with Crippen LogP contribution < -0.4 is 139 Å². The molecule has 4 heterocycles. The van der Waals surface area contributed by atoms with Crippen LogP contribution in [0.2, 0.25) is 15.7 Å². The number of benzene rings is 2. The number of hydrogen-bond donors (Lipinski definition) is 2. The summed E-state index contributed by atoms with van der Waals surface area (Å²) in [5.41, 5.74) is 9.22. The zero-order valence-corrected chi connectivity index (χ0v) is 49.0. The number of nitrogens with one attached hydrogen (secondary N) is 1. The SMILES string of the molecule is COc1ccc(-c2ccc(N)c(P(C)(C)=O)c2)s1.COc1ccc(-c2ccc(Nc3nc(Cl)ncc3Br)c(P(C)(C)=O)c2)s1.Clc1ncc(Br)c(Cl)n1.O=CO[O-].[2H]CF.[H-].[K+].[K+]. The Morgan fingerprint density at radius 1 is 0.820 bits per heavy atom. The van der Waals surface area contributed by atoms with Crippen molar-refractivity contribution in [3.05, 3.63) is 97.7 Å². The molecular formula is C36H38Br2Cl3FK2N6O7P2S2. The molecular weight excluding hydrogens is 1120 g/mol. The minimum Gasteiger partial charge on any atom is -1.00 e. The van der Waals surface area contributed by atoms with Crippen molar-refractivity contribution < 1.29 is 144 Å². The third-order valence-corrected chi connectivity index (χ3v) is 14.3. The Morgan fingerprint density at radius 2 is 1.26 bits per heavy atom. The molecule has 2 aromatic carbocycles. The first-order valence-corrected chi connectivity index (χ1v) is 25.6. The first-order chi connectivity index (χ1) is 28.2. The summed E-state index contributed by atoms with van der Waals surface area (Å²) in [6.07, 6.45) is 3.07. The van der Waals surface area contributed by atoms with Crippen molar-refractivity contribution in [1.29, 1.82) is 0 Å². The van der Waals surface area contributed by atoms with Gasteiger partial charge < -0.3 is 41.2 Å². The van der Waals surface area contributed by atoms with Crippen LogP contribution >= 0.6 is 104 Å². The van der Waals surface area contributed by atoms with E-state index in [0.717, 1.165) is 47.3 Å². The van der Waals surface area contributed by atoms with Crippen LogP contribution in [-0.2, 0) is 18.8 Å². The number of nitrogens with two attached hydrogens (primary N) is 1. The number of anilines is 3. The smallest absolute Gasteiger partial charge is 1.00 e. The van der Waals surface area contributed by atoms with E-state index in [0.29, 0.717) is 25.6 Å². The Bertz CT molecular complexity index is 2450. The summed E-state index contributed by atoms with van der Waals surface area (Å²) >= 11 is 26.4. The normalized spacial score (nSPS) is 10.3. The van der Waals surface area contributed by atoms with Gasteiger partial charge >= 0.3 is 103 Å². The molecule has 0 bridgehead atoms. The summed E-state index contributed by atoms with van der Waals surface area (Å²) < 4.78 is 52.3. The van der Waals surface area contributed by atoms with Gasteiger partial charge in [-0.2, -0.15) is 4.98 Å². The van der Waals surface area contributed by atoms with Crippen LogP contribution in [-0.4, -0.2) is 74.4 Å². The van der Waals surface area contributed by atoms with Gasteiger partial charge in [0.05, 0.1) is 37.4 Å². The number of carbonyl (C=O) groups is 1. The molecule has 0 aliphatic heterocycles. The van der Waals surface area contributed by atoms with Gasteiger partial charge in [0.15, 0.2) is 10.1 Å². The van der Waals surface area contributed by atoms with Gasteiger partial charge in [0.1, 0.15) is 25.3 Å². The number of nitrogen functional groups attached to an aromatic ring is 1. The number of rotatable bonds is 9. The Labute approximate surface area is 481 Å². The zero-order valence-electron chi connectivity index (χ0n) is 35.9. The number of thiophene rings is 2. The van der Waals surface area contributed by atoms with Gasteiger partial charge in [-0.1, -0.05) is 46.4 Å². The van der Waals surface area contributed by atoms with Crippen LogP contribution in [0.5, 0.6) is 10.1 Å². The molecule has 0 aliphatic carbocycles. The number of ether oxygens (including phenoxy) is 2. The van der Waals surface area contributed by atoms with E-state index in [9.17, 15) is 13.5 Å². The number of hydrogen-bond acceptors (Lipinski definition) is 15. The molecule has 13 nitrogen and oxygen atoms in total. The fourth-order valence-electron chi connectivity index (χ4n) is 4.46. The van der Waals surface area contributed by atoms with Crippen molar-refractivity contribution in [2.75, 3.05) is 59.1 Å². The van der Waals surface area contributed by atoms with E-state index in [-0.39, 0.29) is 121 Å². The maximum atomic E-state index is 12.9. The summed E-state index contributed by atoms with van der Waals surface area (Å²) in [7, 11) is -2.61. The Kier molecular flexibility index (Phi) is 29.5. The second-order valence-electron chi connectivity index (χ2n) is 11.8. The molecule has 320 valence electrons. The minimum atomic E-state index is -2.55. The molecule has 0 saturated heterocycles. The molecule has 25 heteroatoms. The van der Waals surface area contributed by atoms with Gasteiger partial charge in [-0.15, -0.1) is 0 Å². The van der Waals surface area contributed by atoms with Crippen molar-refractivity contribution in [1.82, 2.24) is 19.9 Å². The second kappa shape index (κ2) is 30.4. The Hall–Kier alpha value is 0.123. The van der Waals surface area contributed by atoms with Gasteiger partial charge in [-0.25, -0.2) is 15.0 Å². The van der Waals surface area contributed by atoms with Gasteiger partial charge in [0, 0.05) is 38.4 Å². The van der Waals surface area contributed by atoms with Crippen LogP contribution in [0.3, 0.4) is 0 Å². The predicted molar refractivity (Wildman–Crippen MR) is 248 cm³/mol. The van der Waals surface area contributed by atoms with E-state index in [1.54, 1.807) is 69.7 Å². The predicted octanol–water partition coefficient (Wildman–Crippen LogP) is 4.56. The molecule has 0 fully saturated rings. The molecule has 0 unspecified atom stereocenters. The molecule has 61 heavy (non-hydrogen) atoms. The van der Waals surface area contributed by atoms with Crippen molar-refractivity contribution in [2.45, 2.75) is 0 Å². The van der Waals surface area contributed by atoms with Crippen molar-refractivity contribution in [3.8, 4) is 31.0 Å². The molecule has 0 aliphatic rings. The summed E-state index contributed by atoms with van der Waals surface area (Å²) in [5, 5.41) is 15.4. The summed E-state index contributed by atoms with van der Waals surface area (Å²) in [5.74, 6) is 0.519. The van der Waals surface area contributed by atoms with E-state index < -0.39 is 21.4 Å². The number of nitrogens with zero attached hydrogens (tertiary/aromatic N) is 4. The van der Waals surface area contributed by atoms with E-state index in [2.05, 4.69) is 62.0 Å². The van der Waals surface area contributed by atoms with Crippen LogP contribution in [0.25, 0.3) is 20.9 Å². The number of methoxy groups -OCH3 is 2. The van der Waals surface area contributed by atoms with Gasteiger partial charge in [-0.3, -0.25) is 9.18 Å². The summed E-state index contributed by atoms with van der Waals surface area (Å²) in [6.45, 7) is 6.78. The average molecular weight is 1160 g/mol. The number of aromatic nitrogens is 4. The quantitative estimate of drug-likeness (QED) is 0.0300. The molecule has 0 atom stereocenters. The first-order valence-electron chi connectivity index (χ1n) is 16.7. The van der Waals surface area contributed by atoms with E-state index >= 15 is 0 Å². The van der Waals surface area contributed by atoms with E-state index in [1.807, 2.05) is 60.7 Å². The summed E-state index contributed by atoms with van der Waals surface area (Å²) in [6, 6.07) is 19.3. The average Bonchev–Trinajstić information content (AvgIpc) is 3.89. The second-order valence-corrected chi connectivity index (χ2v) is 23.0. The van der Waals surface area contributed by atoms with Crippen LogP contribution in [0, 0.1) is 0 Å². The van der Waals surface area contributed by atoms with Crippen LogP contribution in [0.1, 0.15) is 2.80 Å². The third kappa shape index (κ3) is 20.7. The minimum absolute atomic E-state index is 0. The van der Waals surface area contributed by atoms with Gasteiger partial charge in [0.2, 0.25) is 10.6 Å². The molecule has 4 aromatic heterocycles. The molecule has 0 saturated carbocycles. The first kappa shape index (κ1) is 59.1. The topological polar surface area (TPSA) is 192 Å². The molecule has 6 rings (SSSR count). The summed E-state index contributed by atoms with van der Waals surface area (Å²) in [4.78, 5) is 28.8. The standard InChI is InChI=1S/C17H16BrClN3O2PS.C13H16NO2PS.C4HBrCl2N2.CH3F.CH2O3.2K.H/c1-24-15-7-6-14(26-15)10-4-5-12(13(8-10)25(2,3)23)21-16-11(18)9-20-17(19)22-16;1-16-13-7-6-12(18-13)9-4-5-10(14)11(8-9)17(2,3)15;5-2-1-8-4(7)9-3(2)6;1-2;2-1-4-3;;;/h4-9H,1-3H3,(H,20,21,22);4-8H,14H2,1-3H3;1H;1H3;1,3H;;;/q;;;;;2*+1;-1/p-1/i;;;1D;;;;. The Balaban J connectivity index is 0. The Morgan fingerprint density at radius 3 is 1.67 bits per heavy atom. The maximum absolute atomic E-state index is 12.9. The third-order valence-electron chi connectivity index (χ3n) is 7.00. The molecule has 3 N–H and O–H groups in total. The fourth-order valence-corrected chi connectivity index (χ4v) is 9.32. The van der Waals surface area contributed by atoms with E-state index in [4.69, 9.17) is 61.4 Å². The number of carbonyl (C=O) groups excluding carboxylic acids is 1. The van der Waals surface area contributed by atoms with Crippen molar-refractivity contribution in [2.24, 2.45) is 0 Å². The zero-order chi connectivity index (χ0) is 45.2. The molecule has 0 radical (unpaired) electrons. The number of halogens is 6. The van der Waals surface area contributed by atoms with Crippen LogP contribution in [0.15, 0.2) is 82.0 Å². The largest absolute Gasteiger partial charge is 1.00 e. The van der Waals surface area contributed by atoms with Crippen LogP contribution in [0.4, 0.5) is 21.6 Å². The van der Waals surface area contributed by atoms with E-state index in [1.165, 1.54) is 6.20 Å². The monoisotopic (exact) mass is 1150 g/mol. The van der Waals surface area contributed by atoms with Crippen molar-refractivity contribution in [3.63, 3.8) is 0 Å². The van der Waals surface area contributed by atoms with Gasteiger partial charge in [0.25, 0.3) is 6.47 Å². The number of alkyl halides is 1. The molecule has 0 spiro atoms. The molecule has 0 amide bonds. The fraction of sp³-hybridized carbons (Fsp3) is 0.194. The van der Waals surface area contributed by atoms with Gasteiger partial charge in [-0.05, 0) is 141 Å². The maximum Gasteiger partial charge on any atom is 1.00 e. The molecule has 6 aromatic rings. The van der Waals surface area contributed by atoms with Crippen molar-refractivity contribution >= 4 is 138 Å².